The van der Waals surface area contributed by atoms with Crippen LogP contribution in [0.2, 0.25) is 0 Å². The molecule has 6 nitrogen and oxygen atoms in total. The van der Waals surface area contributed by atoms with Gasteiger partial charge in [-0.05, 0) is 6.07 Å². The summed E-state index contributed by atoms with van der Waals surface area (Å²) in [7, 11) is 3.93. The van der Waals surface area contributed by atoms with Crippen molar-refractivity contribution in [3.05, 3.63) is 36.2 Å². The summed E-state index contributed by atoms with van der Waals surface area (Å²) in [5.74, 6) is 1.71. The van der Waals surface area contributed by atoms with E-state index in [2.05, 4.69) is 30.8 Å². The molecule has 0 bridgehead atoms. The molecule has 0 N–H and O–H groups in total. The summed E-state index contributed by atoms with van der Waals surface area (Å²) in [4.78, 5) is 11.6. The highest BCUT2D eigenvalue weighted by Crippen LogP contribution is 2.28. The van der Waals surface area contributed by atoms with Crippen LogP contribution in [-0.2, 0) is 19.0 Å². The molecule has 0 aromatic carbocycles. The number of fused-ring (bicyclic) bond motifs is 1. The summed E-state index contributed by atoms with van der Waals surface area (Å²) < 4.78 is 6.94. The molecule has 0 radical (unpaired) electrons. The smallest absolute Gasteiger partial charge is 0.163 e. The molecule has 0 fully saturated rings. The second-order valence-electron chi connectivity index (χ2n) is 6.61. The Bertz CT molecular complexity index is 783. The van der Waals surface area contributed by atoms with Crippen molar-refractivity contribution in [3.63, 3.8) is 0 Å². The van der Waals surface area contributed by atoms with Gasteiger partial charge in [0.05, 0.1) is 24.1 Å². The van der Waals surface area contributed by atoms with Gasteiger partial charge < -0.3 is 9.32 Å². The molecule has 0 aliphatic carbocycles. The highest BCUT2D eigenvalue weighted by Gasteiger charge is 2.22. The largest absolute Gasteiger partial charge is 0.472 e. The molecule has 0 aliphatic rings. The summed E-state index contributed by atoms with van der Waals surface area (Å²) in [5, 5.41) is 5.29. The lowest BCUT2D eigenvalue weighted by Gasteiger charge is -2.22. The Labute approximate surface area is 129 Å². The van der Waals surface area contributed by atoms with Crippen LogP contribution in [0.15, 0.2) is 29.2 Å². The van der Waals surface area contributed by atoms with Gasteiger partial charge in [0.25, 0.3) is 0 Å². The SMILES string of the molecule is CN(Cc1ccoc1)c1nc(C(C)(C)C)nc2c1cnn2C. The van der Waals surface area contributed by atoms with Gasteiger partial charge >= 0.3 is 0 Å². The van der Waals surface area contributed by atoms with Gasteiger partial charge in [-0.1, -0.05) is 20.8 Å². The van der Waals surface area contributed by atoms with Crippen LogP contribution in [0, 0.1) is 0 Å². The van der Waals surface area contributed by atoms with Crippen LogP contribution in [-0.4, -0.2) is 26.8 Å². The zero-order valence-electron chi connectivity index (χ0n) is 13.7. The van der Waals surface area contributed by atoms with E-state index in [0.29, 0.717) is 0 Å². The van der Waals surface area contributed by atoms with Crippen LogP contribution in [0.4, 0.5) is 5.82 Å². The van der Waals surface area contributed by atoms with Gasteiger partial charge in [0.2, 0.25) is 0 Å². The van der Waals surface area contributed by atoms with Gasteiger partial charge in [0.15, 0.2) is 5.65 Å². The Hall–Kier alpha value is -2.37. The molecular formula is C16H21N5O. The first-order valence-corrected chi connectivity index (χ1v) is 7.28. The Balaban J connectivity index is 2.10. The van der Waals surface area contributed by atoms with Crippen molar-refractivity contribution in [2.75, 3.05) is 11.9 Å². The molecule has 0 atom stereocenters. The normalized spacial score (nSPS) is 12.0. The van der Waals surface area contributed by atoms with Crippen LogP contribution in [0.1, 0.15) is 32.2 Å². The zero-order valence-corrected chi connectivity index (χ0v) is 13.7. The van der Waals surface area contributed by atoms with Crippen LogP contribution >= 0.6 is 0 Å². The molecule has 0 unspecified atom stereocenters. The molecule has 0 spiro atoms. The van der Waals surface area contributed by atoms with Gasteiger partial charge in [-0.15, -0.1) is 0 Å². The molecule has 0 aliphatic heterocycles. The Morgan fingerprint density at radius 3 is 2.68 bits per heavy atom. The quantitative estimate of drug-likeness (QED) is 0.744. The lowest BCUT2D eigenvalue weighted by Crippen LogP contribution is -2.22. The Morgan fingerprint density at radius 1 is 1.27 bits per heavy atom. The van der Waals surface area contributed by atoms with Crippen molar-refractivity contribution in [2.45, 2.75) is 32.7 Å². The number of aryl methyl sites for hydroxylation is 1. The van der Waals surface area contributed by atoms with Crippen LogP contribution in [0.25, 0.3) is 11.0 Å². The maximum Gasteiger partial charge on any atom is 0.163 e. The fourth-order valence-electron chi connectivity index (χ4n) is 2.36. The number of anilines is 1. The fraction of sp³-hybridized carbons (Fsp3) is 0.438. The van der Waals surface area contributed by atoms with Crippen molar-refractivity contribution in [1.29, 1.82) is 0 Å². The lowest BCUT2D eigenvalue weighted by atomic mass is 9.95. The number of rotatable bonds is 3. The van der Waals surface area contributed by atoms with E-state index in [9.17, 15) is 0 Å². The summed E-state index contributed by atoms with van der Waals surface area (Å²) in [5.41, 5.74) is 1.84. The maximum absolute atomic E-state index is 5.14. The minimum Gasteiger partial charge on any atom is -0.472 e. The molecule has 3 heterocycles. The summed E-state index contributed by atoms with van der Waals surface area (Å²) in [6, 6.07) is 1.96. The zero-order chi connectivity index (χ0) is 15.9. The summed E-state index contributed by atoms with van der Waals surface area (Å²) in [6.45, 7) is 7.07. The highest BCUT2D eigenvalue weighted by molar-refractivity contribution is 5.86. The van der Waals surface area contributed by atoms with Crippen molar-refractivity contribution in [1.82, 2.24) is 19.7 Å². The van der Waals surface area contributed by atoms with Gasteiger partial charge in [-0.3, -0.25) is 4.68 Å². The summed E-state index contributed by atoms with van der Waals surface area (Å²) in [6.07, 6.45) is 5.26. The topological polar surface area (TPSA) is 60.0 Å². The number of hydrogen-bond acceptors (Lipinski definition) is 5. The minimum absolute atomic E-state index is 0.121. The lowest BCUT2D eigenvalue weighted by molar-refractivity contribution is 0.545. The third-order valence-corrected chi connectivity index (χ3v) is 3.60. The van der Waals surface area contributed by atoms with Gasteiger partial charge in [-0.25, -0.2) is 9.97 Å². The Kier molecular flexibility index (Phi) is 3.39. The second kappa shape index (κ2) is 5.12. The highest BCUT2D eigenvalue weighted by atomic mass is 16.3. The van der Waals surface area contributed by atoms with Crippen molar-refractivity contribution in [2.24, 2.45) is 7.05 Å². The average molecular weight is 299 g/mol. The number of furan rings is 1. The fourth-order valence-corrected chi connectivity index (χ4v) is 2.36. The Morgan fingerprint density at radius 2 is 2.05 bits per heavy atom. The molecule has 22 heavy (non-hydrogen) atoms. The first kappa shape index (κ1) is 14.6. The van der Waals surface area contributed by atoms with Crippen LogP contribution in [0.3, 0.4) is 0 Å². The predicted octanol–water partition coefficient (Wildman–Crippen LogP) is 2.89. The van der Waals surface area contributed by atoms with E-state index in [0.717, 1.165) is 34.8 Å². The van der Waals surface area contributed by atoms with Gasteiger partial charge in [0, 0.05) is 31.6 Å². The monoisotopic (exact) mass is 299 g/mol. The second-order valence-corrected chi connectivity index (χ2v) is 6.61. The van der Waals surface area contributed by atoms with E-state index in [-0.39, 0.29) is 5.41 Å². The van der Waals surface area contributed by atoms with Crippen molar-refractivity contribution < 1.29 is 4.42 Å². The third-order valence-electron chi connectivity index (χ3n) is 3.60. The molecule has 6 heteroatoms. The first-order chi connectivity index (χ1) is 10.4. The number of nitrogens with zero attached hydrogens (tertiary/aromatic N) is 5. The number of hydrogen-bond donors (Lipinski definition) is 0. The van der Waals surface area contributed by atoms with E-state index in [1.807, 2.05) is 26.4 Å². The third kappa shape index (κ3) is 2.56. The van der Waals surface area contributed by atoms with E-state index in [1.54, 1.807) is 17.2 Å². The van der Waals surface area contributed by atoms with Crippen LogP contribution < -0.4 is 4.90 Å². The standard InChI is InChI=1S/C16H21N5O/c1-16(2,3)15-18-13(12-8-17-21(5)14(12)19-15)20(4)9-11-6-7-22-10-11/h6-8,10H,9H2,1-5H3. The molecule has 3 aromatic rings. The van der Waals surface area contributed by atoms with E-state index < -0.39 is 0 Å². The molecule has 3 rings (SSSR count). The molecule has 116 valence electrons. The predicted molar refractivity (Wildman–Crippen MR) is 85.8 cm³/mol. The molecular weight excluding hydrogens is 278 g/mol. The molecule has 0 amide bonds. The summed E-state index contributed by atoms with van der Waals surface area (Å²) >= 11 is 0. The molecule has 3 aromatic heterocycles. The average Bonchev–Trinajstić information content (AvgIpc) is 3.07. The molecule has 0 saturated heterocycles. The van der Waals surface area contributed by atoms with Gasteiger partial charge in [0.1, 0.15) is 11.6 Å². The van der Waals surface area contributed by atoms with Gasteiger partial charge in [-0.2, -0.15) is 5.10 Å². The van der Waals surface area contributed by atoms with E-state index in [1.165, 1.54) is 0 Å². The maximum atomic E-state index is 5.14. The first-order valence-electron chi connectivity index (χ1n) is 7.28. The van der Waals surface area contributed by atoms with E-state index >= 15 is 0 Å². The van der Waals surface area contributed by atoms with Crippen LogP contribution in [0.5, 0.6) is 0 Å². The van der Waals surface area contributed by atoms with Crippen molar-refractivity contribution >= 4 is 16.9 Å². The minimum atomic E-state index is -0.121. The number of aromatic nitrogens is 4. The van der Waals surface area contributed by atoms with E-state index in [4.69, 9.17) is 14.4 Å². The van der Waals surface area contributed by atoms with Crippen molar-refractivity contribution in [3.8, 4) is 0 Å². The molecule has 0 saturated carbocycles.